The maximum Gasteiger partial charge on any atom is 0.412 e. The predicted molar refractivity (Wildman–Crippen MR) is 91.8 cm³/mol. The molecular weight excluding hydrogens is 310 g/mol. The standard InChI is InChI=1S/C17H23N3O4/c1-11-14(9-10-21)15(22)20(19-11)13-7-5-12(6-8-13)18-16(23)24-17(2,3)4/h5-8,19,21H,9-10H2,1-4H3,(H,18,23). The number of aromatic nitrogens is 2. The van der Waals surface area contributed by atoms with Gasteiger partial charge >= 0.3 is 6.09 Å². The smallest absolute Gasteiger partial charge is 0.412 e. The van der Waals surface area contributed by atoms with Crippen LogP contribution < -0.4 is 10.9 Å². The normalized spacial score (nSPS) is 11.4. The summed E-state index contributed by atoms with van der Waals surface area (Å²) in [6.45, 7) is 7.09. The molecule has 1 amide bonds. The van der Waals surface area contributed by atoms with Crippen LogP contribution in [0.4, 0.5) is 10.5 Å². The SMILES string of the molecule is Cc1[nH]n(-c2ccc(NC(=O)OC(C)(C)C)cc2)c(=O)c1CCO. The second kappa shape index (κ2) is 6.92. The molecule has 1 aromatic carbocycles. The lowest BCUT2D eigenvalue weighted by atomic mass is 10.2. The second-order valence-corrected chi connectivity index (χ2v) is 6.50. The van der Waals surface area contributed by atoms with Crippen LogP contribution in [0.3, 0.4) is 0 Å². The van der Waals surface area contributed by atoms with Gasteiger partial charge in [0.1, 0.15) is 5.60 Å². The molecule has 0 saturated carbocycles. The van der Waals surface area contributed by atoms with Crippen molar-refractivity contribution in [2.45, 2.75) is 39.7 Å². The number of aryl methyl sites for hydroxylation is 1. The number of H-pyrrole nitrogens is 1. The molecule has 130 valence electrons. The van der Waals surface area contributed by atoms with Gasteiger partial charge in [-0.25, -0.2) is 9.48 Å². The number of ether oxygens (including phenoxy) is 1. The first-order chi connectivity index (χ1) is 11.2. The van der Waals surface area contributed by atoms with Crippen LogP contribution in [0.25, 0.3) is 5.69 Å². The van der Waals surface area contributed by atoms with Gasteiger partial charge < -0.3 is 9.84 Å². The zero-order valence-electron chi connectivity index (χ0n) is 14.3. The number of amides is 1. The Bertz CT molecular complexity index is 767. The summed E-state index contributed by atoms with van der Waals surface area (Å²) in [6, 6.07) is 6.81. The highest BCUT2D eigenvalue weighted by molar-refractivity contribution is 5.84. The van der Waals surface area contributed by atoms with Crippen molar-refractivity contribution < 1.29 is 14.6 Å². The highest BCUT2D eigenvalue weighted by atomic mass is 16.6. The van der Waals surface area contributed by atoms with E-state index in [9.17, 15) is 9.59 Å². The van der Waals surface area contributed by atoms with Gasteiger partial charge in [0, 0.05) is 30.0 Å². The number of aliphatic hydroxyl groups is 1. The monoisotopic (exact) mass is 333 g/mol. The van der Waals surface area contributed by atoms with Gasteiger partial charge in [0.2, 0.25) is 0 Å². The molecule has 0 fully saturated rings. The quantitative estimate of drug-likeness (QED) is 0.800. The molecule has 0 spiro atoms. The van der Waals surface area contributed by atoms with Crippen LogP contribution in [0.5, 0.6) is 0 Å². The van der Waals surface area contributed by atoms with Crippen LogP contribution in [0.1, 0.15) is 32.0 Å². The molecule has 3 N–H and O–H groups in total. The molecule has 7 heteroatoms. The number of carbonyl (C=O) groups excluding carboxylic acids is 1. The van der Waals surface area contributed by atoms with E-state index < -0.39 is 11.7 Å². The number of benzene rings is 1. The van der Waals surface area contributed by atoms with Gasteiger partial charge in [-0.1, -0.05) is 0 Å². The minimum Gasteiger partial charge on any atom is -0.444 e. The molecule has 0 bridgehead atoms. The number of nitrogens with zero attached hydrogens (tertiary/aromatic N) is 1. The van der Waals surface area contributed by atoms with Crippen molar-refractivity contribution in [2.24, 2.45) is 0 Å². The molecule has 0 saturated heterocycles. The lowest BCUT2D eigenvalue weighted by Crippen LogP contribution is -2.27. The van der Waals surface area contributed by atoms with Gasteiger partial charge in [0.05, 0.1) is 5.69 Å². The molecule has 0 aliphatic carbocycles. The van der Waals surface area contributed by atoms with Gasteiger partial charge in [0.15, 0.2) is 0 Å². The van der Waals surface area contributed by atoms with Crippen molar-refractivity contribution in [1.82, 2.24) is 9.78 Å². The minimum absolute atomic E-state index is 0.0767. The molecule has 24 heavy (non-hydrogen) atoms. The molecule has 2 aromatic rings. The number of hydrogen-bond acceptors (Lipinski definition) is 4. The number of anilines is 1. The Morgan fingerprint density at radius 2 is 1.92 bits per heavy atom. The topological polar surface area (TPSA) is 96.4 Å². The maximum absolute atomic E-state index is 12.3. The molecule has 0 aliphatic rings. The summed E-state index contributed by atoms with van der Waals surface area (Å²) >= 11 is 0. The lowest BCUT2D eigenvalue weighted by Gasteiger charge is -2.19. The highest BCUT2D eigenvalue weighted by Gasteiger charge is 2.16. The van der Waals surface area contributed by atoms with Crippen LogP contribution in [-0.4, -0.2) is 33.2 Å². The molecule has 0 radical (unpaired) electrons. The van der Waals surface area contributed by atoms with Crippen LogP contribution in [0, 0.1) is 6.92 Å². The van der Waals surface area contributed by atoms with Crippen molar-refractivity contribution in [2.75, 3.05) is 11.9 Å². The average molecular weight is 333 g/mol. The number of hydrogen-bond donors (Lipinski definition) is 3. The fourth-order valence-electron chi connectivity index (χ4n) is 2.28. The molecule has 7 nitrogen and oxygen atoms in total. The third-order valence-electron chi connectivity index (χ3n) is 3.33. The zero-order valence-corrected chi connectivity index (χ0v) is 14.3. The first kappa shape index (κ1) is 17.8. The number of aliphatic hydroxyl groups excluding tert-OH is 1. The Labute approximate surface area is 140 Å². The summed E-state index contributed by atoms with van der Waals surface area (Å²) in [7, 11) is 0. The molecule has 1 heterocycles. The molecule has 0 aliphatic heterocycles. The largest absolute Gasteiger partial charge is 0.444 e. The van der Waals surface area contributed by atoms with E-state index in [1.54, 1.807) is 52.0 Å². The summed E-state index contributed by atoms with van der Waals surface area (Å²) in [5, 5.41) is 14.7. The number of carbonyl (C=O) groups is 1. The van der Waals surface area contributed by atoms with Gasteiger partial charge in [0.25, 0.3) is 5.56 Å². The van der Waals surface area contributed by atoms with E-state index in [2.05, 4.69) is 10.4 Å². The van der Waals surface area contributed by atoms with Gasteiger partial charge in [-0.15, -0.1) is 0 Å². The fraction of sp³-hybridized carbons (Fsp3) is 0.412. The molecule has 2 rings (SSSR count). The van der Waals surface area contributed by atoms with Crippen LogP contribution in [-0.2, 0) is 11.2 Å². The van der Waals surface area contributed by atoms with E-state index in [1.165, 1.54) is 4.68 Å². The maximum atomic E-state index is 12.3. The highest BCUT2D eigenvalue weighted by Crippen LogP contribution is 2.15. The Morgan fingerprint density at radius 3 is 2.46 bits per heavy atom. The first-order valence-electron chi connectivity index (χ1n) is 7.73. The predicted octanol–water partition coefficient (Wildman–Crippen LogP) is 2.36. The molecular formula is C17H23N3O4. The van der Waals surface area contributed by atoms with E-state index in [0.29, 0.717) is 23.4 Å². The summed E-state index contributed by atoms with van der Waals surface area (Å²) in [4.78, 5) is 24.1. The van der Waals surface area contributed by atoms with Gasteiger partial charge in [-0.3, -0.25) is 15.2 Å². The summed E-state index contributed by atoms with van der Waals surface area (Å²) in [5.41, 5.74) is 1.75. The molecule has 0 atom stereocenters. The average Bonchev–Trinajstić information content (AvgIpc) is 2.74. The Kier molecular flexibility index (Phi) is 5.14. The van der Waals surface area contributed by atoms with Gasteiger partial charge in [-0.2, -0.15) is 0 Å². The van der Waals surface area contributed by atoms with E-state index in [0.717, 1.165) is 5.69 Å². The van der Waals surface area contributed by atoms with Gasteiger partial charge in [-0.05, 0) is 52.0 Å². The minimum atomic E-state index is -0.567. The summed E-state index contributed by atoms with van der Waals surface area (Å²) in [5.74, 6) is 0. The van der Waals surface area contributed by atoms with Crippen molar-refractivity contribution in [1.29, 1.82) is 0 Å². The summed E-state index contributed by atoms with van der Waals surface area (Å²) in [6.07, 6.45) is -0.222. The van der Waals surface area contributed by atoms with Crippen molar-refractivity contribution >= 4 is 11.8 Å². The summed E-state index contributed by atoms with van der Waals surface area (Å²) < 4.78 is 6.60. The van der Waals surface area contributed by atoms with Crippen LogP contribution in [0.15, 0.2) is 29.1 Å². The van der Waals surface area contributed by atoms with E-state index >= 15 is 0 Å². The molecule has 1 aromatic heterocycles. The Hall–Kier alpha value is -2.54. The number of nitrogens with one attached hydrogen (secondary N) is 2. The Balaban J connectivity index is 2.17. The second-order valence-electron chi connectivity index (χ2n) is 6.50. The van der Waals surface area contributed by atoms with Crippen molar-refractivity contribution in [3.05, 3.63) is 45.9 Å². The molecule has 0 unspecified atom stereocenters. The number of rotatable bonds is 4. The first-order valence-corrected chi connectivity index (χ1v) is 7.73. The zero-order chi connectivity index (χ0) is 17.9. The van der Waals surface area contributed by atoms with Crippen LogP contribution >= 0.6 is 0 Å². The van der Waals surface area contributed by atoms with E-state index in [4.69, 9.17) is 9.84 Å². The van der Waals surface area contributed by atoms with Crippen molar-refractivity contribution in [3.8, 4) is 5.69 Å². The Morgan fingerprint density at radius 1 is 1.29 bits per heavy atom. The van der Waals surface area contributed by atoms with Crippen LogP contribution in [0.2, 0.25) is 0 Å². The third-order valence-corrected chi connectivity index (χ3v) is 3.33. The fourth-order valence-corrected chi connectivity index (χ4v) is 2.28. The van der Waals surface area contributed by atoms with Crippen molar-refractivity contribution in [3.63, 3.8) is 0 Å². The third kappa shape index (κ3) is 4.26. The number of aromatic amines is 1. The van der Waals surface area contributed by atoms with E-state index in [1.807, 2.05) is 0 Å². The lowest BCUT2D eigenvalue weighted by molar-refractivity contribution is 0.0636. The van der Waals surface area contributed by atoms with E-state index in [-0.39, 0.29) is 12.2 Å².